The zero-order chi connectivity index (χ0) is 9.40. The maximum Gasteiger partial charge on any atom is 0.267 e. The van der Waals surface area contributed by atoms with Crippen molar-refractivity contribution in [3.05, 3.63) is 25.3 Å². The number of carbonyl (C=O) groups excluding carboxylic acids is 2. The molecule has 0 spiro atoms. The Kier molecular flexibility index (Phi) is 5.29. The van der Waals surface area contributed by atoms with Gasteiger partial charge in [0.05, 0.1) is 0 Å². The molecular weight excluding hydrogens is 160 g/mol. The number of amides is 2. The van der Waals surface area contributed by atoms with Crippen LogP contribution in [-0.4, -0.2) is 18.5 Å². The number of hydroxylamine groups is 1. The van der Waals surface area contributed by atoms with Crippen molar-refractivity contribution >= 4 is 11.8 Å². The molecule has 0 radical (unpaired) electrons. The SMILES string of the molecule is C=CC(=O)NCONC(=O)C=C. The van der Waals surface area contributed by atoms with E-state index < -0.39 is 5.91 Å². The zero-order valence-corrected chi connectivity index (χ0v) is 6.50. The first-order valence-electron chi connectivity index (χ1n) is 3.15. The molecule has 0 aliphatic heterocycles. The molecule has 2 amide bonds. The van der Waals surface area contributed by atoms with E-state index >= 15 is 0 Å². The van der Waals surface area contributed by atoms with Gasteiger partial charge in [0.15, 0.2) is 0 Å². The highest BCUT2D eigenvalue weighted by Gasteiger charge is 1.94. The van der Waals surface area contributed by atoms with Gasteiger partial charge in [-0.1, -0.05) is 13.2 Å². The van der Waals surface area contributed by atoms with E-state index in [9.17, 15) is 9.59 Å². The highest BCUT2D eigenvalue weighted by Crippen LogP contribution is 1.69. The third-order valence-electron chi connectivity index (χ3n) is 0.862. The monoisotopic (exact) mass is 170 g/mol. The standard InChI is InChI=1S/C7H10N2O3/c1-3-6(10)8-5-12-9-7(11)4-2/h3-4H,1-2,5H2,(H,8,10)(H,9,11). The highest BCUT2D eigenvalue weighted by atomic mass is 16.7. The molecule has 12 heavy (non-hydrogen) atoms. The van der Waals surface area contributed by atoms with Crippen molar-refractivity contribution in [3.63, 3.8) is 0 Å². The first-order chi connectivity index (χ1) is 5.70. The van der Waals surface area contributed by atoms with Crippen molar-refractivity contribution in [1.82, 2.24) is 10.8 Å². The largest absolute Gasteiger partial charge is 0.327 e. The number of nitrogens with one attached hydrogen (secondary N) is 2. The minimum absolute atomic E-state index is 0.107. The molecule has 0 aromatic carbocycles. The van der Waals surface area contributed by atoms with Crippen LogP contribution in [0.1, 0.15) is 0 Å². The van der Waals surface area contributed by atoms with Crippen molar-refractivity contribution in [1.29, 1.82) is 0 Å². The first kappa shape index (κ1) is 10.4. The van der Waals surface area contributed by atoms with E-state index in [4.69, 9.17) is 0 Å². The van der Waals surface area contributed by atoms with Gasteiger partial charge in [-0.3, -0.25) is 14.4 Å². The molecule has 0 rings (SSSR count). The molecule has 0 unspecified atom stereocenters. The smallest absolute Gasteiger partial charge is 0.267 e. The second-order valence-corrected chi connectivity index (χ2v) is 1.70. The lowest BCUT2D eigenvalue weighted by atomic mass is 10.6. The summed E-state index contributed by atoms with van der Waals surface area (Å²) in [6.07, 6.45) is 2.15. The Bertz CT molecular complexity index is 179. The van der Waals surface area contributed by atoms with Gasteiger partial charge in [-0.15, -0.1) is 0 Å². The van der Waals surface area contributed by atoms with E-state index in [0.717, 1.165) is 12.2 Å². The van der Waals surface area contributed by atoms with Crippen LogP contribution in [0.25, 0.3) is 0 Å². The lowest BCUT2D eigenvalue weighted by molar-refractivity contribution is -0.131. The van der Waals surface area contributed by atoms with Gasteiger partial charge in [-0.25, -0.2) is 5.48 Å². The van der Waals surface area contributed by atoms with E-state index in [1.807, 2.05) is 5.48 Å². The van der Waals surface area contributed by atoms with Crippen molar-refractivity contribution in [2.24, 2.45) is 0 Å². The van der Waals surface area contributed by atoms with Gasteiger partial charge in [-0.05, 0) is 12.2 Å². The lowest BCUT2D eigenvalue weighted by Gasteiger charge is -2.02. The fraction of sp³-hybridized carbons (Fsp3) is 0.143. The highest BCUT2D eigenvalue weighted by molar-refractivity contribution is 5.87. The Labute approximate surface area is 70.0 Å². The summed E-state index contributed by atoms with van der Waals surface area (Å²) in [5, 5.41) is 2.28. The van der Waals surface area contributed by atoms with Crippen LogP contribution in [0.4, 0.5) is 0 Å². The molecule has 0 atom stereocenters. The molecule has 0 bridgehead atoms. The summed E-state index contributed by atoms with van der Waals surface area (Å²) in [5.41, 5.74) is 2.01. The van der Waals surface area contributed by atoms with E-state index in [-0.39, 0.29) is 12.6 Å². The maximum absolute atomic E-state index is 10.5. The zero-order valence-electron chi connectivity index (χ0n) is 6.50. The lowest BCUT2D eigenvalue weighted by Crippen LogP contribution is -2.30. The third kappa shape index (κ3) is 5.19. The molecule has 0 aliphatic carbocycles. The number of hydrogen-bond acceptors (Lipinski definition) is 3. The van der Waals surface area contributed by atoms with Gasteiger partial charge < -0.3 is 5.32 Å². The van der Waals surface area contributed by atoms with Crippen LogP contribution >= 0.6 is 0 Å². The van der Waals surface area contributed by atoms with Gasteiger partial charge in [-0.2, -0.15) is 0 Å². The van der Waals surface area contributed by atoms with E-state index in [1.54, 1.807) is 0 Å². The van der Waals surface area contributed by atoms with Crippen LogP contribution in [0.15, 0.2) is 25.3 Å². The second kappa shape index (κ2) is 6.11. The molecule has 5 heteroatoms. The van der Waals surface area contributed by atoms with Crippen LogP contribution in [0, 0.1) is 0 Å². The van der Waals surface area contributed by atoms with Crippen molar-refractivity contribution < 1.29 is 14.4 Å². The molecule has 0 aromatic rings. The number of rotatable bonds is 5. The van der Waals surface area contributed by atoms with Crippen molar-refractivity contribution in [2.75, 3.05) is 6.73 Å². The minimum Gasteiger partial charge on any atom is -0.327 e. The number of hydrogen-bond donors (Lipinski definition) is 2. The van der Waals surface area contributed by atoms with Gasteiger partial charge >= 0.3 is 0 Å². The van der Waals surface area contributed by atoms with Gasteiger partial charge in [0, 0.05) is 0 Å². The van der Waals surface area contributed by atoms with Gasteiger partial charge in [0.1, 0.15) is 6.73 Å². The predicted molar refractivity (Wildman–Crippen MR) is 42.6 cm³/mol. The molecular formula is C7H10N2O3. The summed E-state index contributed by atoms with van der Waals surface area (Å²) in [7, 11) is 0. The molecule has 66 valence electrons. The summed E-state index contributed by atoms with van der Waals surface area (Å²) in [5.74, 6) is -0.842. The molecule has 0 aromatic heterocycles. The Morgan fingerprint density at radius 2 is 1.83 bits per heavy atom. The van der Waals surface area contributed by atoms with E-state index in [1.165, 1.54) is 0 Å². The number of carbonyl (C=O) groups is 2. The Hall–Kier alpha value is -1.62. The van der Waals surface area contributed by atoms with Crippen molar-refractivity contribution in [2.45, 2.75) is 0 Å². The second-order valence-electron chi connectivity index (χ2n) is 1.70. The van der Waals surface area contributed by atoms with Crippen LogP contribution in [-0.2, 0) is 14.4 Å². The topological polar surface area (TPSA) is 67.4 Å². The Morgan fingerprint density at radius 1 is 1.25 bits per heavy atom. The summed E-state index contributed by atoms with van der Waals surface area (Å²) >= 11 is 0. The summed E-state index contributed by atoms with van der Waals surface area (Å²) in [4.78, 5) is 25.4. The Balaban J connectivity index is 3.32. The first-order valence-corrected chi connectivity index (χ1v) is 3.15. The molecule has 2 N–H and O–H groups in total. The average Bonchev–Trinajstić information content (AvgIpc) is 2.11. The molecule has 0 heterocycles. The summed E-state index contributed by atoms with van der Waals surface area (Å²) in [6, 6.07) is 0. The van der Waals surface area contributed by atoms with Crippen molar-refractivity contribution in [3.8, 4) is 0 Å². The molecule has 0 fully saturated rings. The molecule has 0 saturated heterocycles. The van der Waals surface area contributed by atoms with Gasteiger partial charge in [0.2, 0.25) is 5.91 Å². The van der Waals surface area contributed by atoms with E-state index in [2.05, 4.69) is 23.3 Å². The minimum atomic E-state index is -0.470. The normalized spacial score (nSPS) is 8.33. The van der Waals surface area contributed by atoms with Crippen LogP contribution in [0.2, 0.25) is 0 Å². The summed E-state index contributed by atoms with van der Waals surface area (Å²) < 4.78 is 0. The van der Waals surface area contributed by atoms with Crippen LogP contribution in [0.5, 0.6) is 0 Å². The quantitative estimate of drug-likeness (QED) is 0.252. The maximum atomic E-state index is 10.5. The van der Waals surface area contributed by atoms with Gasteiger partial charge in [0.25, 0.3) is 5.91 Å². The third-order valence-corrected chi connectivity index (χ3v) is 0.862. The molecule has 5 nitrogen and oxygen atoms in total. The van der Waals surface area contributed by atoms with E-state index in [0.29, 0.717) is 0 Å². The molecule has 0 aliphatic rings. The van der Waals surface area contributed by atoms with Crippen LogP contribution in [0.3, 0.4) is 0 Å². The molecule has 0 saturated carbocycles. The fourth-order valence-corrected chi connectivity index (χ4v) is 0.328. The summed E-state index contributed by atoms with van der Waals surface area (Å²) in [6.45, 7) is 6.31. The predicted octanol–water partition coefficient (Wildman–Crippen LogP) is -0.520. The van der Waals surface area contributed by atoms with Crippen LogP contribution < -0.4 is 10.8 Å². The average molecular weight is 170 g/mol. The Morgan fingerprint density at radius 3 is 2.33 bits per heavy atom. The fourth-order valence-electron chi connectivity index (χ4n) is 0.328.